The lowest BCUT2D eigenvalue weighted by Crippen LogP contribution is -2.34. The van der Waals surface area contributed by atoms with E-state index in [1.807, 2.05) is 12.4 Å². The lowest BCUT2D eigenvalue weighted by atomic mass is 10.1. The van der Waals surface area contributed by atoms with Gasteiger partial charge in [0.25, 0.3) is 0 Å². The minimum Gasteiger partial charge on any atom is -0.366 e. The van der Waals surface area contributed by atoms with Gasteiger partial charge in [0.05, 0.1) is 11.9 Å². The second-order valence-corrected chi connectivity index (χ2v) is 5.81. The summed E-state index contributed by atoms with van der Waals surface area (Å²) in [6, 6.07) is 2.87. The Kier molecular flexibility index (Phi) is 2.64. The molecule has 0 unspecified atom stereocenters. The van der Waals surface area contributed by atoms with Gasteiger partial charge in [-0.2, -0.15) is 0 Å². The fraction of sp³-hybridized carbons (Fsp3) is 0.583. The molecule has 2 aliphatic heterocycles. The first-order valence-corrected chi connectivity index (χ1v) is 6.59. The van der Waals surface area contributed by atoms with Crippen LogP contribution in [0, 0.1) is 5.92 Å². The van der Waals surface area contributed by atoms with Gasteiger partial charge >= 0.3 is 0 Å². The SMILES string of the molecule is CN1C[C@@H]2CCN(c3cncc(Br)c3)[C@@H]2C1. The molecule has 0 aliphatic carbocycles. The molecule has 86 valence electrons. The van der Waals surface area contributed by atoms with Crippen LogP contribution < -0.4 is 4.90 Å². The molecule has 16 heavy (non-hydrogen) atoms. The van der Waals surface area contributed by atoms with E-state index in [0.717, 1.165) is 10.4 Å². The van der Waals surface area contributed by atoms with Gasteiger partial charge in [-0.25, -0.2) is 0 Å². The number of rotatable bonds is 1. The zero-order valence-corrected chi connectivity index (χ0v) is 11.0. The predicted molar refractivity (Wildman–Crippen MR) is 68.7 cm³/mol. The highest BCUT2D eigenvalue weighted by molar-refractivity contribution is 9.10. The summed E-state index contributed by atoms with van der Waals surface area (Å²) < 4.78 is 1.07. The quantitative estimate of drug-likeness (QED) is 0.785. The first-order chi connectivity index (χ1) is 7.74. The fourth-order valence-electron chi connectivity index (χ4n) is 3.05. The van der Waals surface area contributed by atoms with Gasteiger partial charge in [-0.1, -0.05) is 0 Å². The van der Waals surface area contributed by atoms with Gasteiger partial charge in [-0.05, 0) is 41.4 Å². The summed E-state index contributed by atoms with van der Waals surface area (Å²) in [5.74, 6) is 0.851. The monoisotopic (exact) mass is 281 g/mol. The number of aromatic nitrogens is 1. The molecule has 4 heteroatoms. The van der Waals surface area contributed by atoms with E-state index in [4.69, 9.17) is 0 Å². The van der Waals surface area contributed by atoms with Crippen LogP contribution >= 0.6 is 15.9 Å². The van der Waals surface area contributed by atoms with Crippen molar-refractivity contribution >= 4 is 21.6 Å². The molecule has 0 spiro atoms. The molecule has 0 radical (unpaired) electrons. The molecule has 0 N–H and O–H groups in total. The summed E-state index contributed by atoms with van der Waals surface area (Å²) in [5, 5.41) is 0. The number of nitrogens with zero attached hydrogens (tertiary/aromatic N) is 3. The number of fused-ring (bicyclic) bond motifs is 1. The third-order valence-electron chi connectivity index (χ3n) is 3.75. The Morgan fingerprint density at radius 3 is 3.06 bits per heavy atom. The number of likely N-dealkylation sites (N-methyl/N-ethyl adjacent to an activating group) is 1. The minimum absolute atomic E-state index is 0.695. The summed E-state index contributed by atoms with van der Waals surface area (Å²) in [4.78, 5) is 9.22. The highest BCUT2D eigenvalue weighted by Crippen LogP contribution is 2.34. The summed E-state index contributed by atoms with van der Waals surface area (Å²) in [7, 11) is 2.22. The third kappa shape index (κ3) is 1.74. The van der Waals surface area contributed by atoms with Crippen molar-refractivity contribution in [2.75, 3.05) is 31.6 Å². The molecule has 3 nitrogen and oxygen atoms in total. The Balaban J connectivity index is 1.86. The Labute approximate surface area is 105 Å². The van der Waals surface area contributed by atoms with Crippen LogP contribution in [0.1, 0.15) is 6.42 Å². The van der Waals surface area contributed by atoms with Crippen molar-refractivity contribution in [3.05, 3.63) is 22.9 Å². The highest BCUT2D eigenvalue weighted by Gasteiger charge is 2.40. The normalized spacial score (nSPS) is 29.8. The van der Waals surface area contributed by atoms with Crippen molar-refractivity contribution in [3.8, 4) is 0 Å². The zero-order valence-electron chi connectivity index (χ0n) is 9.43. The van der Waals surface area contributed by atoms with Crippen molar-refractivity contribution < 1.29 is 0 Å². The van der Waals surface area contributed by atoms with E-state index in [2.05, 4.69) is 43.8 Å². The van der Waals surface area contributed by atoms with Gasteiger partial charge < -0.3 is 9.80 Å². The van der Waals surface area contributed by atoms with Gasteiger partial charge in [-0.3, -0.25) is 4.98 Å². The lowest BCUT2D eigenvalue weighted by Gasteiger charge is -2.26. The molecule has 2 saturated heterocycles. The van der Waals surface area contributed by atoms with Crippen LogP contribution in [-0.4, -0.2) is 42.6 Å². The molecule has 0 amide bonds. The van der Waals surface area contributed by atoms with Crippen LogP contribution in [-0.2, 0) is 0 Å². The number of halogens is 1. The number of anilines is 1. The number of hydrogen-bond acceptors (Lipinski definition) is 3. The van der Waals surface area contributed by atoms with Crippen molar-refractivity contribution in [1.82, 2.24) is 9.88 Å². The molecule has 1 aromatic rings. The van der Waals surface area contributed by atoms with Crippen molar-refractivity contribution in [3.63, 3.8) is 0 Å². The van der Waals surface area contributed by atoms with E-state index >= 15 is 0 Å². The van der Waals surface area contributed by atoms with Gasteiger partial charge in [0.15, 0.2) is 0 Å². The largest absolute Gasteiger partial charge is 0.366 e. The molecule has 3 heterocycles. The Hall–Kier alpha value is -0.610. The van der Waals surface area contributed by atoms with E-state index in [-0.39, 0.29) is 0 Å². The van der Waals surface area contributed by atoms with E-state index in [1.165, 1.54) is 31.7 Å². The second kappa shape index (κ2) is 4.00. The topological polar surface area (TPSA) is 19.4 Å². The average Bonchev–Trinajstić information content (AvgIpc) is 2.76. The Bertz CT molecular complexity index is 396. The van der Waals surface area contributed by atoms with Crippen LogP contribution in [0.25, 0.3) is 0 Å². The van der Waals surface area contributed by atoms with E-state index in [1.54, 1.807) is 0 Å². The van der Waals surface area contributed by atoms with Gasteiger partial charge in [0, 0.05) is 36.3 Å². The number of hydrogen-bond donors (Lipinski definition) is 0. The number of pyridine rings is 1. The summed E-state index contributed by atoms with van der Waals surface area (Å²) >= 11 is 3.49. The Morgan fingerprint density at radius 2 is 2.25 bits per heavy atom. The molecule has 0 aromatic carbocycles. The van der Waals surface area contributed by atoms with Crippen molar-refractivity contribution in [1.29, 1.82) is 0 Å². The maximum absolute atomic E-state index is 4.26. The molecule has 2 atom stereocenters. The average molecular weight is 282 g/mol. The third-order valence-corrected chi connectivity index (χ3v) is 4.19. The molecular weight excluding hydrogens is 266 g/mol. The summed E-state index contributed by atoms with van der Waals surface area (Å²) in [6.45, 7) is 3.63. The van der Waals surface area contributed by atoms with Crippen LogP contribution in [0.2, 0.25) is 0 Å². The molecule has 2 aliphatic rings. The first kappa shape index (κ1) is 10.5. The van der Waals surface area contributed by atoms with Crippen molar-refractivity contribution in [2.45, 2.75) is 12.5 Å². The Morgan fingerprint density at radius 1 is 1.38 bits per heavy atom. The second-order valence-electron chi connectivity index (χ2n) is 4.89. The molecule has 2 fully saturated rings. The first-order valence-electron chi connectivity index (χ1n) is 5.80. The van der Waals surface area contributed by atoms with Crippen LogP contribution in [0.3, 0.4) is 0 Å². The lowest BCUT2D eigenvalue weighted by molar-refractivity contribution is 0.386. The molecule has 1 aromatic heterocycles. The number of likely N-dealkylation sites (tertiary alicyclic amines) is 1. The summed E-state index contributed by atoms with van der Waals surface area (Å²) in [6.07, 6.45) is 5.14. The molecule has 0 saturated carbocycles. The maximum atomic E-state index is 4.26. The molecular formula is C12H16BrN3. The zero-order chi connectivity index (χ0) is 11.1. The maximum Gasteiger partial charge on any atom is 0.0567 e. The van der Waals surface area contributed by atoms with Crippen LogP contribution in [0.4, 0.5) is 5.69 Å². The minimum atomic E-state index is 0.695. The van der Waals surface area contributed by atoms with Crippen LogP contribution in [0.5, 0.6) is 0 Å². The fourth-order valence-corrected chi connectivity index (χ4v) is 3.40. The smallest absolute Gasteiger partial charge is 0.0567 e. The highest BCUT2D eigenvalue weighted by atomic mass is 79.9. The van der Waals surface area contributed by atoms with Crippen molar-refractivity contribution in [2.24, 2.45) is 5.92 Å². The van der Waals surface area contributed by atoms with E-state index in [0.29, 0.717) is 6.04 Å². The summed E-state index contributed by atoms with van der Waals surface area (Å²) in [5.41, 5.74) is 1.26. The van der Waals surface area contributed by atoms with Gasteiger partial charge in [-0.15, -0.1) is 0 Å². The predicted octanol–water partition coefficient (Wildman–Crippen LogP) is 1.98. The van der Waals surface area contributed by atoms with Gasteiger partial charge in [0.1, 0.15) is 0 Å². The van der Waals surface area contributed by atoms with E-state index < -0.39 is 0 Å². The van der Waals surface area contributed by atoms with Crippen LogP contribution in [0.15, 0.2) is 22.9 Å². The molecule has 3 rings (SSSR count). The van der Waals surface area contributed by atoms with Gasteiger partial charge in [0.2, 0.25) is 0 Å². The standard InChI is InChI=1S/C12H16BrN3/c1-15-7-9-2-3-16(12(9)8-15)11-4-10(13)5-14-6-11/h4-6,9,12H,2-3,7-8H2,1H3/t9-,12+/m0/s1. The molecule has 0 bridgehead atoms. The van der Waals surface area contributed by atoms with E-state index in [9.17, 15) is 0 Å².